The van der Waals surface area contributed by atoms with E-state index in [1.165, 1.54) is 19.3 Å². The Kier molecular flexibility index (Phi) is 3.77. The second-order valence-corrected chi connectivity index (χ2v) is 7.45. The van der Waals surface area contributed by atoms with Crippen LogP contribution < -0.4 is 5.56 Å². The summed E-state index contributed by atoms with van der Waals surface area (Å²) in [6.07, 6.45) is 8.32. The molecule has 3 aromatic heterocycles. The molecule has 6 nitrogen and oxygen atoms in total. The van der Waals surface area contributed by atoms with Crippen molar-refractivity contribution in [3.8, 4) is 11.1 Å². The van der Waals surface area contributed by atoms with Crippen LogP contribution in [0.15, 0.2) is 53.6 Å². The number of hydrogen-bond donors (Lipinski definition) is 0. The van der Waals surface area contributed by atoms with Crippen LogP contribution in [-0.4, -0.2) is 24.4 Å². The number of fused-ring (bicyclic) bond motifs is 3. The van der Waals surface area contributed by atoms with Gasteiger partial charge in [-0.15, -0.1) is 10.2 Å². The van der Waals surface area contributed by atoms with E-state index in [9.17, 15) is 4.79 Å². The molecular weight excluding hydrogens is 338 g/mol. The summed E-state index contributed by atoms with van der Waals surface area (Å²) in [4.78, 5) is 13.1. The van der Waals surface area contributed by atoms with E-state index in [0.29, 0.717) is 22.6 Å². The second-order valence-electron chi connectivity index (χ2n) is 7.45. The Morgan fingerprint density at radius 2 is 1.85 bits per heavy atom. The van der Waals surface area contributed by atoms with E-state index in [4.69, 9.17) is 0 Å². The lowest BCUT2D eigenvalue weighted by Crippen LogP contribution is -2.31. The lowest BCUT2D eigenvalue weighted by molar-refractivity contribution is 0.253. The smallest absolute Gasteiger partial charge is 0.280 e. The summed E-state index contributed by atoms with van der Waals surface area (Å²) in [5.41, 5.74) is 3.62. The van der Waals surface area contributed by atoms with Gasteiger partial charge in [-0.3, -0.25) is 4.79 Å². The third-order valence-electron chi connectivity index (χ3n) is 5.80. The average Bonchev–Trinajstić information content (AvgIpc) is 3.14. The Morgan fingerprint density at radius 1 is 1.04 bits per heavy atom. The Balaban J connectivity index is 1.68. The molecule has 0 bridgehead atoms. The minimum absolute atomic E-state index is 0.0718. The van der Waals surface area contributed by atoms with E-state index in [2.05, 4.69) is 22.2 Å². The predicted octanol–water partition coefficient (Wildman–Crippen LogP) is 3.86. The number of aromatic nitrogens is 5. The number of hydrogen-bond acceptors (Lipinski definition) is 4. The summed E-state index contributed by atoms with van der Waals surface area (Å²) < 4.78 is 3.58. The molecule has 1 fully saturated rings. The van der Waals surface area contributed by atoms with Gasteiger partial charge in [0.2, 0.25) is 0 Å². The highest BCUT2D eigenvalue weighted by Gasteiger charge is 2.25. The van der Waals surface area contributed by atoms with Gasteiger partial charge in [0.05, 0.1) is 6.20 Å². The number of benzene rings is 1. The fourth-order valence-electron chi connectivity index (χ4n) is 4.30. The number of nitrogens with zero attached hydrogens (tertiary/aromatic N) is 5. The van der Waals surface area contributed by atoms with Gasteiger partial charge in [0, 0.05) is 17.8 Å². The third kappa shape index (κ3) is 2.55. The predicted molar refractivity (Wildman–Crippen MR) is 105 cm³/mol. The van der Waals surface area contributed by atoms with E-state index in [1.807, 2.05) is 47.2 Å². The van der Waals surface area contributed by atoms with Crippen molar-refractivity contribution in [3.05, 3.63) is 59.1 Å². The van der Waals surface area contributed by atoms with Crippen molar-refractivity contribution < 1.29 is 0 Å². The van der Waals surface area contributed by atoms with Gasteiger partial charge < -0.3 is 4.57 Å². The molecule has 0 unspecified atom stereocenters. The van der Waals surface area contributed by atoms with E-state index >= 15 is 0 Å². The molecule has 0 saturated heterocycles. The van der Waals surface area contributed by atoms with Gasteiger partial charge >= 0.3 is 0 Å². The molecule has 0 amide bonds. The maximum atomic E-state index is 13.1. The van der Waals surface area contributed by atoms with Crippen LogP contribution in [0.4, 0.5) is 0 Å². The van der Waals surface area contributed by atoms with Crippen LogP contribution in [0.25, 0.3) is 27.8 Å². The molecule has 4 aromatic rings. The van der Waals surface area contributed by atoms with Crippen molar-refractivity contribution in [1.82, 2.24) is 24.4 Å². The zero-order valence-corrected chi connectivity index (χ0v) is 15.2. The molecule has 6 heteroatoms. The maximum Gasteiger partial charge on any atom is 0.280 e. The van der Waals surface area contributed by atoms with Crippen molar-refractivity contribution in [1.29, 1.82) is 0 Å². The summed E-state index contributed by atoms with van der Waals surface area (Å²) in [5, 5.41) is 13.1. The molecule has 1 saturated carbocycles. The molecule has 5 rings (SSSR count). The van der Waals surface area contributed by atoms with Crippen molar-refractivity contribution in [2.75, 3.05) is 0 Å². The molecular formula is C21H21N5O. The van der Waals surface area contributed by atoms with Crippen LogP contribution >= 0.6 is 0 Å². The molecule has 1 aliphatic rings. The molecule has 0 spiro atoms. The van der Waals surface area contributed by atoms with Crippen LogP contribution in [0.2, 0.25) is 0 Å². The zero-order chi connectivity index (χ0) is 18.4. The normalized spacial score (nSPS) is 20.3. The highest BCUT2D eigenvalue weighted by Crippen LogP contribution is 2.33. The molecule has 0 radical (unpaired) electrons. The third-order valence-corrected chi connectivity index (χ3v) is 5.80. The molecule has 0 N–H and O–H groups in total. The van der Waals surface area contributed by atoms with Crippen molar-refractivity contribution >= 4 is 16.7 Å². The lowest BCUT2D eigenvalue weighted by atomic mass is 9.85. The van der Waals surface area contributed by atoms with Crippen molar-refractivity contribution in [2.45, 2.75) is 38.6 Å². The van der Waals surface area contributed by atoms with Crippen molar-refractivity contribution in [3.63, 3.8) is 0 Å². The summed E-state index contributed by atoms with van der Waals surface area (Å²) in [6, 6.07) is 12.2. The van der Waals surface area contributed by atoms with Crippen molar-refractivity contribution in [2.24, 2.45) is 5.92 Å². The fraction of sp³-hybridized carbons (Fsp3) is 0.333. The minimum Gasteiger partial charge on any atom is -0.310 e. The Hall–Kier alpha value is -3.02. The summed E-state index contributed by atoms with van der Waals surface area (Å²) in [7, 11) is 0. The van der Waals surface area contributed by atoms with Crippen LogP contribution in [0.1, 0.15) is 38.6 Å². The molecule has 1 aromatic carbocycles. The quantitative estimate of drug-likeness (QED) is 0.545. The Morgan fingerprint density at radius 3 is 2.67 bits per heavy atom. The Bertz CT molecular complexity index is 1180. The summed E-state index contributed by atoms with van der Waals surface area (Å²) >= 11 is 0. The van der Waals surface area contributed by atoms with Gasteiger partial charge in [0.15, 0.2) is 11.2 Å². The Labute approximate surface area is 156 Å². The van der Waals surface area contributed by atoms with Crippen LogP contribution in [0.5, 0.6) is 0 Å². The average molecular weight is 359 g/mol. The molecule has 1 aliphatic carbocycles. The molecule has 3 heterocycles. The number of pyridine rings is 1. The van der Waals surface area contributed by atoms with Gasteiger partial charge in [0.25, 0.3) is 5.56 Å². The zero-order valence-electron chi connectivity index (χ0n) is 15.2. The maximum absolute atomic E-state index is 13.1. The summed E-state index contributed by atoms with van der Waals surface area (Å²) in [6.45, 7) is 2.23. The van der Waals surface area contributed by atoms with Gasteiger partial charge in [-0.1, -0.05) is 50.1 Å². The monoisotopic (exact) mass is 359 g/mol. The van der Waals surface area contributed by atoms with Gasteiger partial charge in [0.1, 0.15) is 5.52 Å². The van der Waals surface area contributed by atoms with Crippen LogP contribution in [0, 0.1) is 5.92 Å². The standard InChI is InChI=1S/C21H21N5O/c1-14-7-5-6-10-17(14)25-12-11-18-19(21(25)27)23-24-20-16(13-22-26(18)20)15-8-3-2-4-9-15/h2-4,8-9,11-14,17H,5-7,10H2,1H3/t14-,17+/m1/s1. The molecule has 0 aliphatic heterocycles. The first-order chi connectivity index (χ1) is 13.2. The molecule has 2 atom stereocenters. The lowest BCUT2D eigenvalue weighted by Gasteiger charge is -2.30. The topological polar surface area (TPSA) is 65.1 Å². The van der Waals surface area contributed by atoms with E-state index < -0.39 is 0 Å². The largest absolute Gasteiger partial charge is 0.310 e. The summed E-state index contributed by atoms with van der Waals surface area (Å²) in [5.74, 6) is 0.500. The molecule has 27 heavy (non-hydrogen) atoms. The fourth-order valence-corrected chi connectivity index (χ4v) is 4.30. The van der Waals surface area contributed by atoms with Gasteiger partial charge in [-0.05, 0) is 30.4 Å². The second kappa shape index (κ2) is 6.30. The first kappa shape index (κ1) is 16.2. The van der Waals surface area contributed by atoms with Gasteiger partial charge in [-0.25, -0.2) is 4.52 Å². The van der Waals surface area contributed by atoms with E-state index in [-0.39, 0.29) is 11.6 Å². The highest BCUT2D eigenvalue weighted by molar-refractivity contribution is 5.82. The van der Waals surface area contributed by atoms with Gasteiger partial charge in [-0.2, -0.15) is 5.10 Å². The number of rotatable bonds is 2. The highest BCUT2D eigenvalue weighted by atomic mass is 16.1. The van der Waals surface area contributed by atoms with Crippen LogP contribution in [0.3, 0.4) is 0 Å². The van der Waals surface area contributed by atoms with Crippen LogP contribution in [-0.2, 0) is 0 Å². The van der Waals surface area contributed by atoms with E-state index in [1.54, 1.807) is 10.7 Å². The van der Waals surface area contributed by atoms with E-state index in [0.717, 1.165) is 17.5 Å². The first-order valence-electron chi connectivity index (χ1n) is 9.55. The molecule has 136 valence electrons. The minimum atomic E-state index is -0.0718. The SMILES string of the molecule is C[C@@H]1CCCC[C@@H]1n1ccc2c(nnc3c(-c4ccccc4)cnn32)c1=O. The first-order valence-corrected chi connectivity index (χ1v) is 9.55.